The molecule has 1 fully saturated rings. The van der Waals surface area contributed by atoms with E-state index < -0.39 is 25.7 Å². The summed E-state index contributed by atoms with van der Waals surface area (Å²) in [5.74, 6) is 0.170. The van der Waals surface area contributed by atoms with Gasteiger partial charge >= 0.3 is 5.63 Å². The van der Waals surface area contributed by atoms with Crippen LogP contribution in [0.15, 0.2) is 67.5 Å². The zero-order valence-corrected chi connectivity index (χ0v) is 18.9. The summed E-state index contributed by atoms with van der Waals surface area (Å²) in [7, 11) is -7.88. The molecular weight excluding hydrogens is 456 g/mol. The van der Waals surface area contributed by atoms with Gasteiger partial charge in [-0.15, -0.1) is 0 Å². The van der Waals surface area contributed by atoms with Crippen LogP contribution in [-0.2, 0) is 20.0 Å². The zero-order chi connectivity index (χ0) is 22.9. The number of rotatable bonds is 7. The van der Waals surface area contributed by atoms with Crippen molar-refractivity contribution >= 4 is 36.7 Å². The Bertz CT molecular complexity index is 1420. The molecule has 1 aliphatic heterocycles. The lowest BCUT2D eigenvalue weighted by Crippen LogP contribution is -2.28. The fraction of sp³-hybridized carbons (Fsp3) is 0.286. The number of hydrogen-bond acceptors (Lipinski definition) is 7. The molecule has 1 aromatic heterocycles. The quantitative estimate of drug-likeness (QED) is 0.518. The number of anilines is 1. The van der Waals surface area contributed by atoms with Gasteiger partial charge in [0.25, 0.3) is 10.0 Å². The highest BCUT2D eigenvalue weighted by Gasteiger charge is 2.30. The van der Waals surface area contributed by atoms with Gasteiger partial charge < -0.3 is 9.15 Å². The molecule has 9 nitrogen and oxygen atoms in total. The number of fused-ring (bicyclic) bond motifs is 1. The molecule has 0 saturated carbocycles. The van der Waals surface area contributed by atoms with Gasteiger partial charge in [0.1, 0.15) is 16.2 Å². The molecule has 4 rings (SSSR count). The highest BCUT2D eigenvalue weighted by Crippen LogP contribution is 2.32. The summed E-state index contributed by atoms with van der Waals surface area (Å²) < 4.78 is 66.5. The predicted molar refractivity (Wildman–Crippen MR) is 119 cm³/mol. The SMILES string of the molecule is CCOc1ccc(NS(=O)(=O)c2ccc3oc(=O)ccc3c2)cc1S(=O)(=O)N1CCCC1. The first-order valence-electron chi connectivity index (χ1n) is 10.0. The lowest BCUT2D eigenvalue weighted by Gasteiger charge is -2.19. The minimum atomic E-state index is -4.04. The van der Waals surface area contributed by atoms with Gasteiger partial charge in [0.2, 0.25) is 10.0 Å². The van der Waals surface area contributed by atoms with Crippen molar-refractivity contribution < 1.29 is 26.0 Å². The number of hydrogen-bond donors (Lipinski definition) is 1. The smallest absolute Gasteiger partial charge is 0.336 e. The highest BCUT2D eigenvalue weighted by atomic mass is 32.2. The first kappa shape index (κ1) is 22.3. The summed E-state index contributed by atoms with van der Waals surface area (Å²) >= 11 is 0. The fourth-order valence-electron chi connectivity index (χ4n) is 3.55. The Morgan fingerprint density at radius 1 is 1.00 bits per heavy atom. The predicted octanol–water partition coefficient (Wildman–Crippen LogP) is 2.78. The van der Waals surface area contributed by atoms with Crippen molar-refractivity contribution in [3.05, 3.63) is 59.0 Å². The normalized spacial score (nSPS) is 15.2. The Labute approximate surface area is 185 Å². The molecule has 2 aromatic carbocycles. The van der Waals surface area contributed by atoms with Gasteiger partial charge in [-0.2, -0.15) is 4.31 Å². The summed E-state index contributed by atoms with van der Waals surface area (Å²) in [6.07, 6.45) is 1.55. The molecule has 0 aliphatic carbocycles. The van der Waals surface area contributed by atoms with Crippen LogP contribution in [0.3, 0.4) is 0 Å². The Morgan fingerprint density at radius 3 is 2.47 bits per heavy atom. The first-order chi connectivity index (χ1) is 15.2. The molecule has 1 aliphatic rings. The van der Waals surface area contributed by atoms with Crippen molar-refractivity contribution in [2.75, 3.05) is 24.4 Å². The second kappa shape index (κ2) is 8.57. The number of sulfonamides is 2. The molecule has 0 spiro atoms. The van der Waals surface area contributed by atoms with Crippen molar-refractivity contribution in [2.45, 2.75) is 29.6 Å². The van der Waals surface area contributed by atoms with Crippen molar-refractivity contribution in [2.24, 2.45) is 0 Å². The zero-order valence-electron chi connectivity index (χ0n) is 17.3. The van der Waals surface area contributed by atoms with E-state index in [1.165, 1.54) is 52.8 Å². The van der Waals surface area contributed by atoms with Gasteiger partial charge in [-0.25, -0.2) is 21.6 Å². The standard InChI is InChI=1S/C21H22N2O7S2/c1-2-29-19-8-6-16(14-20(19)32(27,28)23-11-3-4-12-23)22-31(25,26)17-7-9-18-15(13-17)5-10-21(24)30-18/h5-10,13-14,22H,2-4,11-12H2,1H3. The van der Waals surface area contributed by atoms with Gasteiger partial charge in [0.15, 0.2) is 0 Å². The molecule has 0 radical (unpaired) electrons. The third kappa shape index (κ3) is 4.36. The van der Waals surface area contributed by atoms with E-state index in [1.807, 2.05) is 0 Å². The van der Waals surface area contributed by atoms with Gasteiger partial charge in [-0.1, -0.05) is 0 Å². The van der Waals surface area contributed by atoms with E-state index in [4.69, 9.17) is 9.15 Å². The maximum atomic E-state index is 13.1. The van der Waals surface area contributed by atoms with E-state index in [1.54, 1.807) is 6.92 Å². The van der Waals surface area contributed by atoms with Crippen LogP contribution in [0, 0.1) is 0 Å². The van der Waals surface area contributed by atoms with Crippen LogP contribution in [-0.4, -0.2) is 40.8 Å². The molecule has 0 atom stereocenters. The van der Waals surface area contributed by atoms with Crippen molar-refractivity contribution in [3.63, 3.8) is 0 Å². The lowest BCUT2D eigenvalue weighted by molar-refractivity contribution is 0.330. The van der Waals surface area contributed by atoms with E-state index in [9.17, 15) is 21.6 Å². The molecule has 11 heteroatoms. The minimum Gasteiger partial charge on any atom is -0.492 e. The van der Waals surface area contributed by atoms with Crippen LogP contribution in [0.1, 0.15) is 19.8 Å². The van der Waals surface area contributed by atoms with Crippen LogP contribution in [0.2, 0.25) is 0 Å². The number of nitrogens with one attached hydrogen (secondary N) is 1. The van der Waals surface area contributed by atoms with E-state index in [0.29, 0.717) is 18.5 Å². The lowest BCUT2D eigenvalue weighted by atomic mass is 10.2. The molecule has 170 valence electrons. The van der Waals surface area contributed by atoms with Crippen LogP contribution < -0.4 is 15.1 Å². The minimum absolute atomic E-state index is 0.0586. The Hall–Kier alpha value is -2.89. The molecule has 0 bridgehead atoms. The molecule has 2 heterocycles. The maximum Gasteiger partial charge on any atom is 0.336 e. The molecular formula is C21H22N2O7S2. The Balaban J connectivity index is 1.70. The Kier molecular flexibility index (Phi) is 5.97. The third-order valence-corrected chi connectivity index (χ3v) is 8.38. The van der Waals surface area contributed by atoms with Crippen molar-refractivity contribution in [1.82, 2.24) is 4.31 Å². The van der Waals surface area contributed by atoms with Gasteiger partial charge in [0.05, 0.1) is 17.2 Å². The molecule has 1 saturated heterocycles. The van der Waals surface area contributed by atoms with Gasteiger partial charge in [-0.05, 0) is 62.2 Å². The van der Waals surface area contributed by atoms with Gasteiger partial charge in [0, 0.05) is 24.5 Å². The van der Waals surface area contributed by atoms with E-state index in [-0.39, 0.29) is 33.4 Å². The summed E-state index contributed by atoms with van der Waals surface area (Å²) in [5.41, 5.74) is -0.185. The first-order valence-corrected chi connectivity index (χ1v) is 13.0. The number of benzene rings is 2. The summed E-state index contributed by atoms with van der Waals surface area (Å²) in [6.45, 7) is 2.83. The average molecular weight is 479 g/mol. The second-order valence-electron chi connectivity index (χ2n) is 7.27. The number of nitrogens with zero attached hydrogens (tertiary/aromatic N) is 1. The average Bonchev–Trinajstić information content (AvgIpc) is 3.30. The third-order valence-electron chi connectivity index (χ3n) is 5.08. The van der Waals surface area contributed by atoms with Crippen LogP contribution in [0.25, 0.3) is 11.0 Å². The number of ether oxygens (including phenoxy) is 1. The van der Waals surface area contributed by atoms with Gasteiger partial charge in [-0.3, -0.25) is 4.72 Å². The second-order valence-corrected chi connectivity index (χ2v) is 10.9. The fourth-order valence-corrected chi connectivity index (χ4v) is 6.31. The molecule has 0 unspecified atom stereocenters. The largest absolute Gasteiger partial charge is 0.492 e. The Morgan fingerprint density at radius 2 is 1.75 bits per heavy atom. The summed E-state index contributed by atoms with van der Waals surface area (Å²) in [6, 6.07) is 10.9. The van der Waals surface area contributed by atoms with E-state index >= 15 is 0 Å². The topological polar surface area (TPSA) is 123 Å². The monoisotopic (exact) mass is 478 g/mol. The maximum absolute atomic E-state index is 13.1. The van der Waals surface area contributed by atoms with Crippen molar-refractivity contribution in [1.29, 1.82) is 0 Å². The van der Waals surface area contributed by atoms with Crippen LogP contribution >= 0.6 is 0 Å². The van der Waals surface area contributed by atoms with E-state index in [0.717, 1.165) is 12.8 Å². The van der Waals surface area contributed by atoms with Crippen LogP contribution in [0.4, 0.5) is 5.69 Å². The highest BCUT2D eigenvalue weighted by molar-refractivity contribution is 7.92. The van der Waals surface area contributed by atoms with E-state index in [2.05, 4.69) is 4.72 Å². The molecule has 1 N–H and O–H groups in total. The summed E-state index contributed by atoms with van der Waals surface area (Å²) in [5, 5.41) is 0.441. The van der Waals surface area contributed by atoms with Crippen LogP contribution in [0.5, 0.6) is 5.75 Å². The molecule has 3 aromatic rings. The molecule has 32 heavy (non-hydrogen) atoms. The summed E-state index contributed by atoms with van der Waals surface area (Å²) in [4.78, 5) is 11.2. The molecule has 0 amide bonds. The van der Waals surface area contributed by atoms with Crippen molar-refractivity contribution in [3.8, 4) is 5.75 Å².